The zero-order chi connectivity index (χ0) is 28.7. The third-order valence-electron chi connectivity index (χ3n) is 7.79. The molecule has 216 valence electrons. The first-order valence-electron chi connectivity index (χ1n) is 13.4. The van der Waals surface area contributed by atoms with Crippen molar-refractivity contribution in [1.29, 1.82) is 0 Å². The number of fused-ring (bicyclic) bond motifs is 1. The summed E-state index contributed by atoms with van der Waals surface area (Å²) in [5.74, 6) is -0.797. The Kier molecular flexibility index (Phi) is 8.01. The molecule has 2 atom stereocenters. The minimum absolute atomic E-state index is 0.0894. The monoisotopic (exact) mass is 571 g/mol. The molecule has 0 aliphatic carbocycles. The fraction of sp³-hybridized carbons (Fsp3) is 0.500. The van der Waals surface area contributed by atoms with E-state index in [0.717, 1.165) is 23.1 Å². The summed E-state index contributed by atoms with van der Waals surface area (Å²) in [7, 11) is -3.27. The molecule has 0 saturated carbocycles. The molecular formula is C28H37N5O6S. The van der Waals surface area contributed by atoms with Crippen LogP contribution >= 0.6 is 10.8 Å². The van der Waals surface area contributed by atoms with Crippen LogP contribution in [0.5, 0.6) is 0 Å². The standard InChI is InChI=1S/C28H37N5O6S/c1-18-9-20-7-8-29-11-25(20)40(36,37)32(12-18)13-22-10-21(6-5-19(22)2)26(28(3,4)27(34)35)39-15-23-14-33(31-30-23)24-16-38-17-24/h5-8,10-11,14,18,24,26,36-37H,9,12-13,15-17H2,1-4H3,(H,34,35)/t18-,26+/m0/s1. The maximum atomic E-state index is 12.3. The Hall–Kier alpha value is -2.87. The summed E-state index contributed by atoms with van der Waals surface area (Å²) >= 11 is 0. The largest absolute Gasteiger partial charge is 0.481 e. The van der Waals surface area contributed by atoms with Crippen molar-refractivity contribution in [2.75, 3.05) is 19.8 Å². The Bertz CT molecular complexity index is 1370. The lowest BCUT2D eigenvalue weighted by Gasteiger charge is -2.43. The predicted octanol–water partition coefficient (Wildman–Crippen LogP) is 4.64. The van der Waals surface area contributed by atoms with Crippen LogP contribution in [0, 0.1) is 18.3 Å². The van der Waals surface area contributed by atoms with Gasteiger partial charge in [0.25, 0.3) is 0 Å². The molecule has 1 fully saturated rings. The van der Waals surface area contributed by atoms with Crippen LogP contribution in [0.15, 0.2) is 47.8 Å². The summed E-state index contributed by atoms with van der Waals surface area (Å²) < 4.78 is 37.7. The molecule has 2 aliphatic rings. The lowest BCUT2D eigenvalue weighted by molar-refractivity contribution is -0.158. The van der Waals surface area contributed by atoms with Gasteiger partial charge in [-0.05, 0) is 61.4 Å². The minimum Gasteiger partial charge on any atom is -0.481 e. The number of hydrogen-bond acceptors (Lipinski definition) is 9. The number of nitrogens with zero attached hydrogens (tertiary/aromatic N) is 5. The highest BCUT2D eigenvalue weighted by atomic mass is 32.3. The molecule has 5 rings (SSSR count). The number of aryl methyl sites for hydroxylation is 1. The van der Waals surface area contributed by atoms with Crippen molar-refractivity contribution in [2.24, 2.45) is 11.3 Å². The molecule has 0 bridgehead atoms. The van der Waals surface area contributed by atoms with E-state index in [2.05, 4.69) is 22.2 Å². The van der Waals surface area contributed by atoms with Gasteiger partial charge < -0.3 is 14.6 Å². The van der Waals surface area contributed by atoms with Gasteiger partial charge in [-0.15, -0.1) is 15.9 Å². The number of pyridine rings is 1. The van der Waals surface area contributed by atoms with E-state index in [0.29, 0.717) is 35.9 Å². The van der Waals surface area contributed by atoms with Gasteiger partial charge in [-0.1, -0.05) is 30.3 Å². The van der Waals surface area contributed by atoms with Crippen LogP contribution in [0.25, 0.3) is 0 Å². The number of carbonyl (C=O) groups is 1. The second kappa shape index (κ2) is 11.2. The first-order chi connectivity index (χ1) is 19.0. The van der Waals surface area contributed by atoms with E-state index in [1.807, 2.05) is 31.2 Å². The first-order valence-corrected chi connectivity index (χ1v) is 14.9. The average molecular weight is 572 g/mol. The molecule has 3 aromatic rings. The molecule has 0 spiro atoms. The van der Waals surface area contributed by atoms with Crippen molar-refractivity contribution in [3.05, 3.63) is 70.8 Å². The fourth-order valence-corrected chi connectivity index (χ4v) is 6.93. The molecule has 0 amide bonds. The zero-order valence-corrected chi connectivity index (χ0v) is 24.0. The molecule has 1 saturated heterocycles. The van der Waals surface area contributed by atoms with Crippen molar-refractivity contribution in [3.8, 4) is 0 Å². The number of carboxylic acids is 1. The fourth-order valence-electron chi connectivity index (χ4n) is 5.16. The Labute approximate surface area is 235 Å². The highest BCUT2D eigenvalue weighted by Gasteiger charge is 2.40. The molecule has 0 radical (unpaired) electrons. The van der Waals surface area contributed by atoms with Gasteiger partial charge in [-0.3, -0.25) is 18.9 Å². The molecule has 4 heterocycles. The van der Waals surface area contributed by atoms with Crippen LogP contribution in [-0.4, -0.2) is 64.2 Å². The van der Waals surface area contributed by atoms with Crippen LogP contribution in [0.1, 0.15) is 60.9 Å². The zero-order valence-electron chi connectivity index (χ0n) is 23.2. The van der Waals surface area contributed by atoms with Crippen LogP contribution in [0.2, 0.25) is 0 Å². The van der Waals surface area contributed by atoms with Crippen LogP contribution < -0.4 is 0 Å². The summed E-state index contributed by atoms with van der Waals surface area (Å²) in [6.45, 7) is 9.36. The first kappa shape index (κ1) is 28.7. The topological polar surface area (TPSA) is 143 Å². The average Bonchev–Trinajstić information content (AvgIpc) is 3.28. The number of ether oxygens (including phenoxy) is 2. The van der Waals surface area contributed by atoms with Crippen LogP contribution in [-0.2, 0) is 33.8 Å². The van der Waals surface area contributed by atoms with Gasteiger partial charge in [0, 0.05) is 19.3 Å². The maximum absolute atomic E-state index is 12.3. The summed E-state index contributed by atoms with van der Waals surface area (Å²) in [6, 6.07) is 7.73. The van der Waals surface area contributed by atoms with E-state index < -0.39 is 28.3 Å². The van der Waals surface area contributed by atoms with Gasteiger partial charge in [0.15, 0.2) is 0 Å². The molecule has 12 heteroatoms. The third kappa shape index (κ3) is 5.65. The second-order valence-corrected chi connectivity index (χ2v) is 13.4. The van der Waals surface area contributed by atoms with Crippen molar-refractivity contribution in [2.45, 2.75) is 64.3 Å². The Morgan fingerprint density at radius 2 is 2.05 bits per heavy atom. The summed E-state index contributed by atoms with van der Waals surface area (Å²) in [5.41, 5.74) is 2.76. The summed E-state index contributed by atoms with van der Waals surface area (Å²) in [5, 5.41) is 18.4. The van der Waals surface area contributed by atoms with Crippen LogP contribution in [0.4, 0.5) is 0 Å². The van der Waals surface area contributed by atoms with Crippen LogP contribution in [0.3, 0.4) is 0 Å². The van der Waals surface area contributed by atoms with Crippen molar-refractivity contribution in [1.82, 2.24) is 24.3 Å². The number of hydrogen-bond donors (Lipinski definition) is 3. The molecule has 2 aliphatic heterocycles. The van der Waals surface area contributed by atoms with Crippen molar-refractivity contribution in [3.63, 3.8) is 0 Å². The quantitative estimate of drug-likeness (QED) is 0.332. The SMILES string of the molecule is Cc1ccc([C@@H](OCc2cn(C3COC3)nn2)C(C)(C)C(=O)O)cc1CN1C[C@@H](C)Cc2ccncc2S1(O)O. The lowest BCUT2D eigenvalue weighted by atomic mass is 9.81. The summed E-state index contributed by atoms with van der Waals surface area (Å²) in [4.78, 5) is 16.9. The van der Waals surface area contributed by atoms with Gasteiger partial charge in [0.1, 0.15) is 11.7 Å². The molecular weight excluding hydrogens is 534 g/mol. The molecule has 3 N–H and O–H groups in total. The van der Waals surface area contributed by atoms with Gasteiger partial charge in [-0.2, -0.15) is 4.31 Å². The van der Waals surface area contributed by atoms with E-state index in [9.17, 15) is 19.0 Å². The van der Waals surface area contributed by atoms with Crippen molar-refractivity contribution >= 4 is 16.7 Å². The number of benzene rings is 1. The maximum Gasteiger partial charge on any atom is 0.312 e. The summed E-state index contributed by atoms with van der Waals surface area (Å²) in [6.07, 6.45) is 4.96. The van der Waals surface area contributed by atoms with Gasteiger partial charge in [-0.25, -0.2) is 4.68 Å². The molecule has 11 nitrogen and oxygen atoms in total. The highest BCUT2D eigenvalue weighted by Crippen LogP contribution is 2.55. The van der Waals surface area contributed by atoms with E-state index >= 15 is 0 Å². The minimum atomic E-state index is -3.27. The normalized spacial score (nSPS) is 21.2. The van der Waals surface area contributed by atoms with E-state index in [-0.39, 0.29) is 25.1 Å². The smallest absolute Gasteiger partial charge is 0.312 e. The number of carboxylic acid groups (broad SMARTS) is 1. The molecule has 0 unspecified atom stereocenters. The van der Waals surface area contributed by atoms with E-state index in [1.54, 1.807) is 41.4 Å². The Balaban J connectivity index is 1.42. The van der Waals surface area contributed by atoms with Gasteiger partial charge in [0.2, 0.25) is 0 Å². The third-order valence-corrected chi connectivity index (χ3v) is 9.74. The lowest BCUT2D eigenvalue weighted by Crippen LogP contribution is -2.33. The Morgan fingerprint density at radius 1 is 1.27 bits per heavy atom. The number of aliphatic carboxylic acids is 1. The predicted molar refractivity (Wildman–Crippen MR) is 149 cm³/mol. The van der Waals surface area contributed by atoms with Gasteiger partial charge >= 0.3 is 5.97 Å². The number of rotatable bonds is 9. The van der Waals surface area contributed by atoms with E-state index in [4.69, 9.17) is 9.47 Å². The van der Waals surface area contributed by atoms with E-state index in [1.165, 1.54) is 0 Å². The Morgan fingerprint density at radius 3 is 2.75 bits per heavy atom. The van der Waals surface area contributed by atoms with Crippen molar-refractivity contribution < 1.29 is 28.5 Å². The molecule has 40 heavy (non-hydrogen) atoms. The van der Waals surface area contributed by atoms with Gasteiger partial charge in [0.05, 0.1) is 48.6 Å². The molecule has 1 aromatic carbocycles. The molecule has 2 aromatic heterocycles. The highest BCUT2D eigenvalue weighted by molar-refractivity contribution is 8.22. The number of aromatic nitrogens is 4. The second-order valence-electron chi connectivity index (χ2n) is 11.4.